The maximum Gasteiger partial charge on any atom is 0.340 e. The third-order valence-electron chi connectivity index (χ3n) is 7.36. The van der Waals surface area contributed by atoms with Crippen molar-refractivity contribution in [3.63, 3.8) is 0 Å². The van der Waals surface area contributed by atoms with Crippen molar-refractivity contribution in [3.05, 3.63) is 94.5 Å². The Morgan fingerprint density at radius 2 is 1.23 bits per heavy atom. The molecular weight excluding hydrogens is 504 g/mol. The topological polar surface area (TPSA) is 104 Å². The smallest absolute Gasteiger partial charge is 0.340 e. The first kappa shape index (κ1) is 25.3. The maximum absolute atomic E-state index is 12.9. The molecule has 6 rings (SSSR count). The highest BCUT2D eigenvalue weighted by Crippen LogP contribution is 2.34. The summed E-state index contributed by atoms with van der Waals surface area (Å²) in [6.07, 6.45) is 0.817. The quantitative estimate of drug-likeness (QED) is 0.193. The molecule has 2 heterocycles. The van der Waals surface area contributed by atoms with E-state index in [1.807, 2.05) is 54.6 Å². The van der Waals surface area contributed by atoms with E-state index in [2.05, 4.69) is 13.8 Å². The number of carbonyl (C=O) groups excluding carboxylic acids is 2. The molecule has 4 aromatic carbocycles. The number of carbonyl (C=O) groups is 2. The monoisotopic (exact) mass is 530 g/mol. The van der Waals surface area contributed by atoms with Crippen LogP contribution < -0.4 is 0 Å². The summed E-state index contributed by atoms with van der Waals surface area (Å²) in [6.45, 7) is 4.14. The molecule has 0 N–H and O–H groups in total. The first-order valence-corrected chi connectivity index (χ1v) is 13.0. The molecule has 198 valence electrons. The molecule has 0 saturated carbocycles. The Hall–Kier alpha value is -4.98. The zero-order valence-corrected chi connectivity index (χ0v) is 22.6. The number of benzene rings is 4. The largest absolute Gasteiger partial charge is 0.465 e. The highest BCUT2D eigenvalue weighted by atomic mass is 16.5. The van der Waals surface area contributed by atoms with E-state index < -0.39 is 11.9 Å². The Labute approximate surface area is 230 Å². The summed E-state index contributed by atoms with van der Waals surface area (Å²) < 4.78 is 10.1. The lowest BCUT2D eigenvalue weighted by molar-refractivity contribution is 0.0593. The van der Waals surface area contributed by atoms with Gasteiger partial charge in [-0.3, -0.25) is 0 Å². The van der Waals surface area contributed by atoms with Crippen LogP contribution in [0.1, 0.15) is 57.2 Å². The number of rotatable bonds is 5. The number of methoxy groups -OCH3 is 2. The summed E-state index contributed by atoms with van der Waals surface area (Å²) in [7, 11) is 2.71. The standard InChI is InChI=1S/C32H26N4O4/c1-5-18-9-6-12-23-27(18)36-26-16-19(15-22(30(26)33-23)32(38)40-4)17(2)20-10-7-13-24-28(20)34-25-14-8-11-21(29(25)35-24)31(37)39-3/h6-17H,5H2,1-4H3. The van der Waals surface area contributed by atoms with Crippen LogP contribution in [-0.2, 0) is 15.9 Å². The van der Waals surface area contributed by atoms with Crippen LogP contribution in [0, 0.1) is 0 Å². The lowest BCUT2D eigenvalue weighted by atomic mass is 9.90. The molecule has 0 fully saturated rings. The Balaban J connectivity index is 1.57. The maximum atomic E-state index is 12.9. The van der Waals surface area contributed by atoms with Crippen molar-refractivity contribution in [3.8, 4) is 0 Å². The molecule has 0 saturated heterocycles. The molecule has 0 radical (unpaired) electrons. The number of para-hydroxylation sites is 3. The lowest BCUT2D eigenvalue weighted by Crippen LogP contribution is -2.08. The second-order valence-electron chi connectivity index (χ2n) is 9.61. The summed E-state index contributed by atoms with van der Waals surface area (Å²) in [5.41, 5.74) is 8.73. The van der Waals surface area contributed by atoms with E-state index in [0.717, 1.165) is 34.1 Å². The molecule has 0 aliphatic carbocycles. The van der Waals surface area contributed by atoms with Gasteiger partial charge in [0.05, 0.1) is 58.4 Å². The van der Waals surface area contributed by atoms with E-state index in [4.69, 9.17) is 29.4 Å². The first-order valence-electron chi connectivity index (χ1n) is 13.0. The molecule has 0 bridgehead atoms. The summed E-state index contributed by atoms with van der Waals surface area (Å²) in [4.78, 5) is 44.7. The van der Waals surface area contributed by atoms with Gasteiger partial charge in [0, 0.05) is 5.92 Å². The van der Waals surface area contributed by atoms with Gasteiger partial charge in [0.2, 0.25) is 0 Å². The molecule has 8 nitrogen and oxygen atoms in total. The third-order valence-corrected chi connectivity index (χ3v) is 7.36. The van der Waals surface area contributed by atoms with Gasteiger partial charge in [-0.2, -0.15) is 0 Å². The van der Waals surface area contributed by atoms with E-state index in [1.54, 1.807) is 12.1 Å². The zero-order chi connectivity index (χ0) is 28.0. The lowest BCUT2D eigenvalue weighted by Gasteiger charge is -2.17. The predicted octanol–water partition coefficient (Wildman–Crippen LogP) is 6.17. The summed E-state index contributed by atoms with van der Waals surface area (Å²) in [5, 5.41) is 0. The predicted molar refractivity (Wildman–Crippen MR) is 154 cm³/mol. The Morgan fingerprint density at radius 3 is 1.93 bits per heavy atom. The van der Waals surface area contributed by atoms with Crippen molar-refractivity contribution in [1.29, 1.82) is 0 Å². The van der Waals surface area contributed by atoms with Gasteiger partial charge in [0.15, 0.2) is 0 Å². The molecule has 40 heavy (non-hydrogen) atoms. The highest BCUT2D eigenvalue weighted by Gasteiger charge is 2.22. The Morgan fingerprint density at radius 1 is 0.675 bits per heavy atom. The van der Waals surface area contributed by atoms with Gasteiger partial charge in [-0.25, -0.2) is 29.5 Å². The number of aryl methyl sites for hydroxylation is 1. The van der Waals surface area contributed by atoms with Crippen LogP contribution in [0.2, 0.25) is 0 Å². The molecule has 0 aliphatic heterocycles. The van der Waals surface area contributed by atoms with Crippen LogP contribution in [-0.4, -0.2) is 46.1 Å². The van der Waals surface area contributed by atoms with Crippen molar-refractivity contribution in [2.24, 2.45) is 0 Å². The molecule has 0 spiro atoms. The van der Waals surface area contributed by atoms with Crippen LogP contribution in [0.25, 0.3) is 44.1 Å². The Kier molecular flexibility index (Phi) is 6.30. The van der Waals surface area contributed by atoms with Crippen LogP contribution in [0.3, 0.4) is 0 Å². The number of aromatic nitrogens is 4. The highest BCUT2D eigenvalue weighted by molar-refractivity contribution is 6.05. The van der Waals surface area contributed by atoms with E-state index in [1.165, 1.54) is 14.2 Å². The molecule has 1 atom stereocenters. The van der Waals surface area contributed by atoms with Crippen LogP contribution in [0.15, 0.2) is 66.7 Å². The average Bonchev–Trinajstić information content (AvgIpc) is 3.00. The molecule has 1 unspecified atom stereocenters. The molecule has 0 amide bonds. The van der Waals surface area contributed by atoms with E-state index >= 15 is 0 Å². The number of hydrogen-bond acceptors (Lipinski definition) is 8. The number of ether oxygens (including phenoxy) is 2. The molecule has 6 aromatic rings. The Bertz CT molecular complexity index is 1990. The zero-order valence-electron chi connectivity index (χ0n) is 22.6. The van der Waals surface area contributed by atoms with Crippen LogP contribution in [0.4, 0.5) is 0 Å². The fourth-order valence-corrected chi connectivity index (χ4v) is 5.23. The normalized spacial score (nSPS) is 12.2. The van der Waals surface area contributed by atoms with Gasteiger partial charge < -0.3 is 9.47 Å². The molecule has 0 aliphatic rings. The minimum Gasteiger partial charge on any atom is -0.465 e. The van der Waals surface area contributed by atoms with Crippen molar-refractivity contribution in [2.75, 3.05) is 14.2 Å². The SMILES string of the molecule is CCc1cccc2nc3c(C(=O)OC)cc(C(C)c4cccc5nc6c(C(=O)OC)cccc6nc45)cc3nc12. The molecule has 8 heteroatoms. The second kappa shape index (κ2) is 9.96. The van der Waals surface area contributed by atoms with Crippen LogP contribution in [0.5, 0.6) is 0 Å². The fraction of sp³-hybridized carbons (Fsp3) is 0.188. The average molecular weight is 531 g/mol. The van der Waals surface area contributed by atoms with Gasteiger partial charge in [-0.1, -0.05) is 44.2 Å². The first-order chi connectivity index (χ1) is 19.4. The summed E-state index contributed by atoms with van der Waals surface area (Å²) >= 11 is 0. The van der Waals surface area contributed by atoms with Gasteiger partial charge >= 0.3 is 11.9 Å². The molecular formula is C32H26N4O4. The number of hydrogen-bond donors (Lipinski definition) is 0. The van der Waals surface area contributed by atoms with Gasteiger partial charge in [-0.15, -0.1) is 0 Å². The second-order valence-corrected chi connectivity index (χ2v) is 9.61. The number of fused-ring (bicyclic) bond motifs is 4. The minimum atomic E-state index is -0.474. The van der Waals surface area contributed by atoms with E-state index in [9.17, 15) is 9.59 Å². The van der Waals surface area contributed by atoms with Crippen molar-refractivity contribution >= 4 is 56.1 Å². The number of nitrogens with zero attached hydrogens (tertiary/aromatic N) is 4. The van der Waals surface area contributed by atoms with Gasteiger partial charge in [-0.05, 0) is 59.5 Å². The van der Waals surface area contributed by atoms with Gasteiger partial charge in [0.25, 0.3) is 0 Å². The third kappa shape index (κ3) is 4.09. The summed E-state index contributed by atoms with van der Waals surface area (Å²) in [5.74, 6) is -1.11. The van der Waals surface area contributed by atoms with E-state index in [0.29, 0.717) is 44.2 Å². The fourth-order valence-electron chi connectivity index (χ4n) is 5.23. The minimum absolute atomic E-state index is 0.175. The van der Waals surface area contributed by atoms with E-state index in [-0.39, 0.29) is 5.92 Å². The van der Waals surface area contributed by atoms with Crippen molar-refractivity contribution in [1.82, 2.24) is 19.9 Å². The van der Waals surface area contributed by atoms with Crippen molar-refractivity contribution < 1.29 is 19.1 Å². The van der Waals surface area contributed by atoms with Gasteiger partial charge in [0.1, 0.15) is 11.0 Å². The summed E-state index contributed by atoms with van der Waals surface area (Å²) in [6, 6.07) is 20.8. The van der Waals surface area contributed by atoms with Crippen LogP contribution >= 0.6 is 0 Å². The van der Waals surface area contributed by atoms with Crippen molar-refractivity contribution in [2.45, 2.75) is 26.2 Å². The molecule has 2 aromatic heterocycles. The number of esters is 2.